The summed E-state index contributed by atoms with van der Waals surface area (Å²) in [6, 6.07) is 9.78. The zero-order valence-electron chi connectivity index (χ0n) is 15.3. The summed E-state index contributed by atoms with van der Waals surface area (Å²) in [6.45, 7) is 3.20. The molecule has 0 spiro atoms. The van der Waals surface area contributed by atoms with Gasteiger partial charge in [-0.15, -0.1) is 0 Å². The highest BCUT2D eigenvalue weighted by atomic mass is 16.5. The van der Waals surface area contributed by atoms with Gasteiger partial charge in [-0.1, -0.05) is 12.1 Å². The van der Waals surface area contributed by atoms with Crippen LogP contribution in [-0.2, 0) is 22.7 Å². The molecule has 0 radical (unpaired) electrons. The van der Waals surface area contributed by atoms with Gasteiger partial charge in [0.1, 0.15) is 0 Å². The van der Waals surface area contributed by atoms with Gasteiger partial charge in [0.25, 0.3) is 0 Å². The first kappa shape index (κ1) is 18.5. The van der Waals surface area contributed by atoms with Crippen molar-refractivity contribution in [2.24, 2.45) is 0 Å². The summed E-state index contributed by atoms with van der Waals surface area (Å²) in [4.78, 5) is 24.9. The third-order valence-corrected chi connectivity index (χ3v) is 4.57. The number of piperidine rings is 1. The van der Waals surface area contributed by atoms with E-state index in [1.165, 1.54) is 0 Å². The third-order valence-electron chi connectivity index (χ3n) is 4.57. The van der Waals surface area contributed by atoms with E-state index in [0.29, 0.717) is 13.2 Å². The van der Waals surface area contributed by atoms with Crippen LogP contribution < -0.4 is 0 Å². The summed E-state index contributed by atoms with van der Waals surface area (Å²) in [5, 5.41) is 0. The second-order valence-electron chi connectivity index (χ2n) is 6.75. The molecule has 26 heavy (non-hydrogen) atoms. The Morgan fingerprint density at radius 1 is 1.23 bits per heavy atom. The molecule has 0 N–H and O–H groups in total. The molecule has 1 amide bonds. The Morgan fingerprint density at radius 3 is 2.77 bits per heavy atom. The summed E-state index contributed by atoms with van der Waals surface area (Å²) in [7, 11) is 1.97. The van der Waals surface area contributed by atoms with Crippen LogP contribution in [0.3, 0.4) is 0 Å². The van der Waals surface area contributed by atoms with Gasteiger partial charge in [-0.2, -0.15) is 0 Å². The molecule has 1 fully saturated rings. The highest BCUT2D eigenvalue weighted by molar-refractivity contribution is 5.78. The van der Waals surface area contributed by atoms with Crippen molar-refractivity contribution in [2.75, 3.05) is 26.7 Å². The van der Waals surface area contributed by atoms with E-state index in [9.17, 15) is 4.79 Å². The van der Waals surface area contributed by atoms with E-state index in [4.69, 9.17) is 4.74 Å². The summed E-state index contributed by atoms with van der Waals surface area (Å²) >= 11 is 0. The molecule has 0 bridgehead atoms. The topological polar surface area (TPSA) is 58.6 Å². The molecule has 0 unspecified atom stereocenters. The molecule has 0 atom stereocenters. The Balaban J connectivity index is 1.38. The minimum absolute atomic E-state index is 0.180. The van der Waals surface area contributed by atoms with Crippen LogP contribution in [0.15, 0.2) is 48.9 Å². The van der Waals surface area contributed by atoms with Crippen molar-refractivity contribution >= 4 is 5.91 Å². The Bertz CT molecular complexity index is 673. The van der Waals surface area contributed by atoms with Crippen LogP contribution in [-0.4, -0.2) is 58.5 Å². The number of rotatable bonds is 7. The number of likely N-dealkylation sites (tertiary alicyclic amines) is 1. The highest BCUT2D eigenvalue weighted by Crippen LogP contribution is 2.15. The predicted molar refractivity (Wildman–Crippen MR) is 99.2 cm³/mol. The number of amides is 1. The number of likely N-dealkylation sites (N-methyl/N-ethyl adjacent to an activating group) is 1. The Morgan fingerprint density at radius 2 is 2.08 bits per heavy atom. The maximum atomic E-state index is 12.5. The van der Waals surface area contributed by atoms with Gasteiger partial charge in [0.15, 0.2) is 0 Å². The largest absolute Gasteiger partial charge is 0.372 e. The lowest BCUT2D eigenvalue weighted by atomic mass is 10.1. The van der Waals surface area contributed by atoms with Crippen LogP contribution in [0, 0.1) is 0 Å². The van der Waals surface area contributed by atoms with E-state index in [2.05, 4.69) is 9.97 Å². The molecule has 1 aliphatic rings. The monoisotopic (exact) mass is 354 g/mol. The van der Waals surface area contributed by atoms with E-state index in [1.54, 1.807) is 12.4 Å². The third kappa shape index (κ3) is 5.61. The second-order valence-corrected chi connectivity index (χ2v) is 6.75. The van der Waals surface area contributed by atoms with E-state index < -0.39 is 0 Å². The normalized spacial score (nSPS) is 15.4. The van der Waals surface area contributed by atoms with Crippen LogP contribution in [0.2, 0.25) is 0 Å². The van der Waals surface area contributed by atoms with Crippen molar-refractivity contribution in [1.82, 2.24) is 19.8 Å². The lowest BCUT2D eigenvalue weighted by Gasteiger charge is -2.33. The summed E-state index contributed by atoms with van der Waals surface area (Å²) in [5.74, 6) is 0.180. The maximum Gasteiger partial charge on any atom is 0.236 e. The number of hydrogen-bond acceptors (Lipinski definition) is 5. The van der Waals surface area contributed by atoms with Gasteiger partial charge in [-0.25, -0.2) is 0 Å². The van der Waals surface area contributed by atoms with Gasteiger partial charge in [0.05, 0.1) is 24.9 Å². The number of aromatic nitrogens is 2. The fourth-order valence-corrected chi connectivity index (χ4v) is 3.15. The minimum Gasteiger partial charge on any atom is -0.372 e. The van der Waals surface area contributed by atoms with Gasteiger partial charge < -0.3 is 9.64 Å². The van der Waals surface area contributed by atoms with E-state index in [0.717, 1.165) is 43.7 Å². The first-order valence-corrected chi connectivity index (χ1v) is 9.07. The van der Waals surface area contributed by atoms with Crippen molar-refractivity contribution in [3.05, 3.63) is 60.2 Å². The minimum atomic E-state index is 0.180. The lowest BCUT2D eigenvalue weighted by molar-refractivity contribution is -0.135. The number of ether oxygens (including phenoxy) is 1. The smallest absolute Gasteiger partial charge is 0.236 e. The molecular formula is C20H26N4O2. The van der Waals surface area contributed by atoms with Gasteiger partial charge in [-0.05, 0) is 43.7 Å². The van der Waals surface area contributed by atoms with Crippen LogP contribution in [0.1, 0.15) is 24.1 Å². The molecule has 1 aliphatic heterocycles. The summed E-state index contributed by atoms with van der Waals surface area (Å²) < 4.78 is 5.94. The van der Waals surface area contributed by atoms with Crippen LogP contribution in [0.25, 0.3) is 0 Å². The molecule has 2 aromatic heterocycles. The quantitative estimate of drug-likeness (QED) is 0.762. The fraction of sp³-hybridized carbons (Fsp3) is 0.450. The average Bonchev–Trinajstić information content (AvgIpc) is 2.68. The zero-order valence-corrected chi connectivity index (χ0v) is 15.3. The number of carbonyl (C=O) groups excluding carboxylic acids is 1. The molecule has 0 aromatic carbocycles. The first-order chi connectivity index (χ1) is 12.7. The standard InChI is InChI=1S/C20H26N4O2/c1-23(14-17-5-4-9-21-13-17)15-20(25)24-11-7-19(8-12-24)26-16-18-6-2-3-10-22-18/h2-6,9-10,13,19H,7-8,11-12,14-16H2,1H3. The molecule has 1 saturated heterocycles. The maximum absolute atomic E-state index is 12.5. The molecular weight excluding hydrogens is 328 g/mol. The number of nitrogens with zero attached hydrogens (tertiary/aromatic N) is 4. The van der Waals surface area contributed by atoms with Gasteiger partial charge >= 0.3 is 0 Å². The van der Waals surface area contributed by atoms with Crippen LogP contribution >= 0.6 is 0 Å². The summed E-state index contributed by atoms with van der Waals surface area (Å²) in [5.41, 5.74) is 2.06. The SMILES string of the molecule is CN(CC(=O)N1CCC(OCc2ccccn2)CC1)Cc1cccnc1. The molecule has 2 aromatic rings. The Kier molecular flexibility index (Phi) is 6.68. The van der Waals surface area contributed by atoms with Crippen LogP contribution in [0.5, 0.6) is 0 Å². The van der Waals surface area contributed by atoms with Gasteiger partial charge in [-0.3, -0.25) is 19.7 Å². The average molecular weight is 354 g/mol. The second kappa shape index (κ2) is 9.40. The molecule has 3 heterocycles. The molecule has 138 valence electrons. The first-order valence-electron chi connectivity index (χ1n) is 9.07. The Labute approximate surface area is 154 Å². The summed E-state index contributed by atoms with van der Waals surface area (Å²) in [6.07, 6.45) is 7.34. The van der Waals surface area contributed by atoms with Gasteiger partial charge in [0.2, 0.25) is 5.91 Å². The Hall–Kier alpha value is -2.31. The number of carbonyl (C=O) groups is 1. The van der Waals surface area contributed by atoms with E-state index >= 15 is 0 Å². The molecule has 0 saturated carbocycles. The van der Waals surface area contributed by atoms with E-state index in [-0.39, 0.29) is 12.0 Å². The van der Waals surface area contributed by atoms with Gasteiger partial charge in [0, 0.05) is 38.2 Å². The molecule has 3 rings (SSSR count). The highest BCUT2D eigenvalue weighted by Gasteiger charge is 2.23. The van der Waals surface area contributed by atoms with Crippen molar-refractivity contribution in [1.29, 1.82) is 0 Å². The zero-order chi connectivity index (χ0) is 18.2. The van der Waals surface area contributed by atoms with Crippen molar-refractivity contribution < 1.29 is 9.53 Å². The molecule has 0 aliphatic carbocycles. The van der Waals surface area contributed by atoms with Crippen molar-refractivity contribution in [2.45, 2.75) is 32.1 Å². The van der Waals surface area contributed by atoms with Crippen LogP contribution in [0.4, 0.5) is 0 Å². The lowest BCUT2D eigenvalue weighted by Crippen LogP contribution is -2.44. The number of pyridine rings is 2. The molecule has 6 heteroatoms. The van der Waals surface area contributed by atoms with E-state index in [1.807, 2.05) is 53.4 Å². The fourth-order valence-electron chi connectivity index (χ4n) is 3.15. The molecule has 6 nitrogen and oxygen atoms in total. The predicted octanol–water partition coefficient (Wildman–Crippen LogP) is 2.12. The van der Waals surface area contributed by atoms with Crippen molar-refractivity contribution in [3.8, 4) is 0 Å². The number of hydrogen-bond donors (Lipinski definition) is 0. The van der Waals surface area contributed by atoms with Crippen molar-refractivity contribution in [3.63, 3.8) is 0 Å².